The van der Waals surface area contributed by atoms with E-state index in [1.807, 2.05) is 18.2 Å². The van der Waals surface area contributed by atoms with E-state index in [-0.39, 0.29) is 29.1 Å². The van der Waals surface area contributed by atoms with Gasteiger partial charge in [-0.2, -0.15) is 13.5 Å². The van der Waals surface area contributed by atoms with Crippen molar-refractivity contribution in [2.24, 2.45) is 21.8 Å². The molecule has 0 spiro atoms. The minimum absolute atomic E-state index is 0.114. The lowest BCUT2D eigenvalue weighted by Gasteiger charge is -2.50. The number of ether oxygens (including phenoxy) is 1. The number of nitrogens with two attached hydrogens (primary N) is 2. The normalized spacial score (nSPS) is 21.8. The first kappa shape index (κ1) is 37.4. The molecule has 2 aromatic rings. The number of carboxylic acid groups (broad SMARTS) is 1. The Morgan fingerprint density at radius 2 is 2.04 bits per heavy atom. The maximum Gasteiger partial charge on any atom is 0.418 e. The highest BCUT2D eigenvalue weighted by atomic mass is 32.3. The van der Waals surface area contributed by atoms with Crippen molar-refractivity contribution in [2.45, 2.75) is 76.8 Å². The molecule has 0 aliphatic carbocycles. The first-order valence-electron chi connectivity index (χ1n) is 15.2. The molecule has 1 aromatic carbocycles. The van der Waals surface area contributed by atoms with Crippen molar-refractivity contribution in [3.8, 4) is 5.75 Å². The second-order valence-corrected chi connectivity index (χ2v) is 14.2. The molecule has 268 valence electrons. The number of amidine groups is 1. The van der Waals surface area contributed by atoms with Gasteiger partial charge in [0.2, 0.25) is 0 Å². The van der Waals surface area contributed by atoms with Crippen LogP contribution in [0.15, 0.2) is 33.7 Å². The summed E-state index contributed by atoms with van der Waals surface area (Å²) < 4.78 is 41.8. The van der Waals surface area contributed by atoms with Crippen molar-refractivity contribution in [2.75, 3.05) is 18.8 Å². The Morgan fingerprint density at radius 3 is 2.61 bits per heavy atom. The maximum atomic E-state index is 13.3. The minimum atomic E-state index is -4.96. The van der Waals surface area contributed by atoms with E-state index in [1.54, 1.807) is 6.92 Å². The molecular formula is C29H40N8O10S2. The van der Waals surface area contributed by atoms with E-state index >= 15 is 0 Å². The third kappa shape index (κ3) is 9.21. The second-order valence-electron chi connectivity index (χ2n) is 12.3. The van der Waals surface area contributed by atoms with Crippen LogP contribution in [-0.2, 0) is 40.3 Å². The summed E-state index contributed by atoms with van der Waals surface area (Å²) >= 11 is 1.08. The molecule has 8 N–H and O–H groups in total. The van der Waals surface area contributed by atoms with E-state index in [0.29, 0.717) is 35.4 Å². The van der Waals surface area contributed by atoms with Gasteiger partial charge in [-0.3, -0.25) is 23.9 Å². The van der Waals surface area contributed by atoms with Crippen molar-refractivity contribution < 1.29 is 46.3 Å². The fourth-order valence-electron chi connectivity index (χ4n) is 5.49. The molecule has 2 amide bonds. The fourth-order valence-corrected chi connectivity index (χ4v) is 6.49. The van der Waals surface area contributed by atoms with Gasteiger partial charge in [0.05, 0.1) is 5.54 Å². The van der Waals surface area contributed by atoms with E-state index < -0.39 is 46.0 Å². The number of carbonyl (C=O) groups is 3. The summed E-state index contributed by atoms with van der Waals surface area (Å²) in [5.74, 6) is 0.104. The Kier molecular flexibility index (Phi) is 11.8. The average Bonchev–Trinajstić information content (AvgIpc) is 3.45. The smallest absolute Gasteiger partial charge is 0.418 e. The molecular weight excluding hydrogens is 684 g/mol. The van der Waals surface area contributed by atoms with Crippen LogP contribution in [-0.4, -0.2) is 101 Å². The van der Waals surface area contributed by atoms with E-state index in [0.717, 1.165) is 42.0 Å². The first-order valence-corrected chi connectivity index (χ1v) is 17.5. The van der Waals surface area contributed by atoms with Crippen molar-refractivity contribution in [3.63, 3.8) is 0 Å². The maximum absolute atomic E-state index is 13.3. The van der Waals surface area contributed by atoms with Crippen LogP contribution in [0, 0.1) is 5.92 Å². The van der Waals surface area contributed by atoms with Crippen LogP contribution in [0.5, 0.6) is 5.75 Å². The molecule has 3 aliphatic heterocycles. The predicted octanol–water partition coefficient (Wildman–Crippen LogP) is 0.472. The lowest BCUT2D eigenvalue weighted by atomic mass is 9.84. The predicted molar refractivity (Wildman–Crippen MR) is 178 cm³/mol. The Morgan fingerprint density at radius 1 is 1.35 bits per heavy atom. The first-order chi connectivity index (χ1) is 23.0. The summed E-state index contributed by atoms with van der Waals surface area (Å²) in [6.07, 6.45) is 1.30. The SMILES string of the molecule is CC(CC1CNC1)N=C(N)c1ccc2c(c1)CCC(C(C)O/N=C(\C(=O)NC1C(=O)N(OS(=O)(=O)O)C1(C)C)c1csc(N)n1)O2.O=CO. The van der Waals surface area contributed by atoms with Crippen molar-refractivity contribution in [1.82, 2.24) is 20.7 Å². The van der Waals surface area contributed by atoms with Gasteiger partial charge < -0.3 is 36.8 Å². The summed E-state index contributed by atoms with van der Waals surface area (Å²) in [4.78, 5) is 48.8. The van der Waals surface area contributed by atoms with Gasteiger partial charge in [-0.15, -0.1) is 15.6 Å². The molecule has 3 aliphatic rings. The number of hydroxylamine groups is 2. The third-order valence-electron chi connectivity index (χ3n) is 8.17. The number of carbonyl (C=O) groups excluding carboxylic acids is 2. The number of aromatic nitrogens is 1. The van der Waals surface area contributed by atoms with E-state index in [2.05, 4.69) is 37.0 Å². The van der Waals surface area contributed by atoms with Gasteiger partial charge in [0.1, 0.15) is 29.4 Å². The third-order valence-corrected chi connectivity index (χ3v) is 9.18. The number of aliphatic imine (C=N–C) groups is 1. The quantitative estimate of drug-likeness (QED) is 0.0434. The number of nitrogens with zero attached hydrogens (tertiary/aromatic N) is 4. The molecule has 49 heavy (non-hydrogen) atoms. The molecule has 20 heteroatoms. The number of hydrogen-bond donors (Lipinski definition) is 6. The van der Waals surface area contributed by atoms with Crippen LogP contribution in [0.2, 0.25) is 0 Å². The topological polar surface area (TPSA) is 270 Å². The van der Waals surface area contributed by atoms with Crippen LogP contribution in [0.3, 0.4) is 0 Å². The lowest BCUT2D eigenvalue weighted by molar-refractivity contribution is -0.218. The van der Waals surface area contributed by atoms with Gasteiger partial charge in [-0.25, -0.2) is 4.98 Å². The summed E-state index contributed by atoms with van der Waals surface area (Å²) in [7, 11) is -4.96. The molecule has 2 saturated heterocycles. The van der Waals surface area contributed by atoms with Crippen LogP contribution in [0.25, 0.3) is 0 Å². The van der Waals surface area contributed by atoms with Crippen molar-refractivity contribution in [3.05, 3.63) is 40.4 Å². The van der Waals surface area contributed by atoms with Gasteiger partial charge in [0, 0.05) is 17.0 Å². The van der Waals surface area contributed by atoms with Crippen LogP contribution in [0.4, 0.5) is 5.13 Å². The van der Waals surface area contributed by atoms with Gasteiger partial charge in [-0.1, -0.05) is 5.16 Å². The molecule has 4 atom stereocenters. The molecule has 5 rings (SSSR count). The van der Waals surface area contributed by atoms with Crippen LogP contribution < -0.4 is 26.8 Å². The number of fused-ring (bicyclic) bond motifs is 1. The highest BCUT2D eigenvalue weighted by Crippen LogP contribution is 2.33. The number of hydrogen-bond acceptors (Lipinski definition) is 14. The molecule has 4 heterocycles. The largest absolute Gasteiger partial charge is 0.486 e. The highest BCUT2D eigenvalue weighted by Gasteiger charge is 2.58. The Balaban J connectivity index is 0.00000174. The number of benzene rings is 1. The fraction of sp³-hybridized carbons (Fsp3) is 0.517. The summed E-state index contributed by atoms with van der Waals surface area (Å²) in [6.45, 7) is 8.51. The van der Waals surface area contributed by atoms with Gasteiger partial charge in [0.25, 0.3) is 18.3 Å². The molecule has 0 radical (unpaired) electrons. The number of thiazole rings is 1. The zero-order valence-electron chi connectivity index (χ0n) is 27.2. The molecule has 0 saturated carbocycles. The van der Waals surface area contributed by atoms with E-state index in [4.69, 9.17) is 35.5 Å². The summed E-state index contributed by atoms with van der Waals surface area (Å²) in [5.41, 5.74) is 12.5. The minimum Gasteiger partial charge on any atom is -0.486 e. The van der Waals surface area contributed by atoms with Crippen LogP contribution >= 0.6 is 11.3 Å². The van der Waals surface area contributed by atoms with Gasteiger partial charge in [-0.05, 0) is 89.7 Å². The summed E-state index contributed by atoms with van der Waals surface area (Å²) in [5, 5.41) is 18.9. The van der Waals surface area contributed by atoms with E-state index in [1.165, 1.54) is 19.2 Å². The number of rotatable bonds is 12. The monoisotopic (exact) mass is 724 g/mol. The van der Waals surface area contributed by atoms with Crippen molar-refractivity contribution >= 4 is 56.7 Å². The number of oxime groups is 1. The highest BCUT2D eigenvalue weighted by molar-refractivity contribution is 7.80. The Hall–Kier alpha value is -4.37. The molecule has 18 nitrogen and oxygen atoms in total. The number of nitrogens with one attached hydrogen (secondary N) is 2. The standard InChI is InChI=1S/C28H38N8O8S2.CH2O2/c1-14(9-16-11-31-12-16)32-24(29)18-6-8-21-17(10-18)5-7-20(42-21)15(2)43-35-22(19-13-45-27(30)33-19)25(37)34-23-26(38)36(28(23,3)4)44-46(39,40)41;2-1-3/h6,8,10,13-16,20,23,31H,5,7,9,11-12H2,1-4H3,(H2,29,32)(H2,30,33)(H,34,37)(H,39,40,41);1H,(H,2,3)/b35-22-;. The lowest BCUT2D eigenvalue weighted by Crippen LogP contribution is -2.76. The zero-order valence-corrected chi connectivity index (χ0v) is 28.9. The van der Waals surface area contributed by atoms with Gasteiger partial charge in [0.15, 0.2) is 16.9 Å². The summed E-state index contributed by atoms with van der Waals surface area (Å²) in [6, 6.07) is 4.66. The molecule has 2 fully saturated rings. The number of aryl methyl sites for hydroxylation is 1. The molecule has 0 bridgehead atoms. The second kappa shape index (κ2) is 15.5. The van der Waals surface area contributed by atoms with Crippen LogP contribution in [0.1, 0.15) is 57.4 Å². The number of nitrogen functional groups attached to an aromatic ring is 1. The van der Waals surface area contributed by atoms with Crippen molar-refractivity contribution in [1.29, 1.82) is 0 Å². The number of β-lactam (4-membered cyclic amide) rings is 1. The number of anilines is 1. The molecule has 4 unspecified atom stereocenters. The van der Waals surface area contributed by atoms with E-state index in [9.17, 15) is 18.0 Å². The number of amides is 2. The zero-order chi connectivity index (χ0) is 36.1. The average molecular weight is 725 g/mol. The van der Waals surface area contributed by atoms with Gasteiger partial charge >= 0.3 is 10.4 Å². The molecule has 1 aromatic heterocycles. The Bertz CT molecular complexity index is 1710. The Labute approximate surface area is 286 Å².